The number of aromatic nitrogens is 1. The van der Waals surface area contributed by atoms with Gasteiger partial charge in [0.15, 0.2) is 0 Å². The molecule has 4 nitrogen and oxygen atoms in total. The summed E-state index contributed by atoms with van der Waals surface area (Å²) < 4.78 is 0. The third-order valence-electron chi connectivity index (χ3n) is 2.32. The molecule has 1 saturated heterocycles. The summed E-state index contributed by atoms with van der Waals surface area (Å²) in [5, 5.41) is 5.93. The largest absolute Gasteiger partial charge is 0.311 e. The van der Waals surface area contributed by atoms with E-state index in [0.29, 0.717) is 11.9 Å². The monoisotopic (exact) mass is 191 g/mol. The van der Waals surface area contributed by atoms with Crippen LogP contribution in [-0.4, -0.2) is 17.4 Å². The van der Waals surface area contributed by atoms with Gasteiger partial charge in [-0.3, -0.25) is 4.79 Å². The van der Waals surface area contributed by atoms with Crippen LogP contribution in [0.25, 0.3) is 0 Å². The van der Waals surface area contributed by atoms with Crippen LogP contribution >= 0.6 is 0 Å². The lowest BCUT2D eigenvalue weighted by molar-refractivity contribution is -0.114. The Kier molecular flexibility index (Phi) is 2.45. The van der Waals surface area contributed by atoms with E-state index < -0.39 is 0 Å². The van der Waals surface area contributed by atoms with Crippen molar-refractivity contribution in [1.29, 1.82) is 0 Å². The van der Waals surface area contributed by atoms with Gasteiger partial charge in [-0.1, -0.05) is 6.07 Å². The minimum absolute atomic E-state index is 0.0907. The van der Waals surface area contributed by atoms with E-state index in [9.17, 15) is 4.79 Å². The Morgan fingerprint density at radius 3 is 2.86 bits per heavy atom. The fourth-order valence-electron chi connectivity index (χ4n) is 1.44. The Morgan fingerprint density at radius 2 is 2.43 bits per heavy atom. The van der Waals surface area contributed by atoms with Gasteiger partial charge >= 0.3 is 0 Å². The van der Waals surface area contributed by atoms with Crippen LogP contribution in [0.5, 0.6) is 0 Å². The minimum Gasteiger partial charge on any atom is -0.311 e. The lowest BCUT2D eigenvalue weighted by Gasteiger charge is -2.27. The maximum atomic E-state index is 10.7. The molecule has 0 aliphatic carbocycles. The van der Waals surface area contributed by atoms with Crippen LogP contribution in [0.2, 0.25) is 0 Å². The molecule has 1 aromatic heterocycles. The van der Waals surface area contributed by atoms with E-state index in [2.05, 4.69) is 15.6 Å². The summed E-state index contributed by atoms with van der Waals surface area (Å²) in [5.74, 6) is 0.521. The molecule has 1 amide bonds. The number of anilines is 1. The molecule has 1 aliphatic rings. The van der Waals surface area contributed by atoms with Crippen LogP contribution in [-0.2, 0) is 4.79 Å². The molecule has 74 valence electrons. The fraction of sp³-hybridized carbons (Fsp3) is 0.400. The lowest BCUT2D eigenvalue weighted by atomic mass is 10.00. The van der Waals surface area contributed by atoms with E-state index in [-0.39, 0.29) is 5.91 Å². The Bertz CT molecular complexity index is 330. The van der Waals surface area contributed by atoms with Crippen LogP contribution in [0.1, 0.15) is 24.9 Å². The van der Waals surface area contributed by atoms with E-state index in [1.54, 1.807) is 0 Å². The molecular weight excluding hydrogens is 178 g/mol. The van der Waals surface area contributed by atoms with Crippen LogP contribution in [0, 0.1) is 0 Å². The first-order valence-corrected chi connectivity index (χ1v) is 4.72. The maximum absolute atomic E-state index is 10.7. The van der Waals surface area contributed by atoms with Crippen molar-refractivity contribution < 1.29 is 4.79 Å². The highest BCUT2D eigenvalue weighted by atomic mass is 16.1. The molecule has 2 heterocycles. The zero-order valence-electron chi connectivity index (χ0n) is 8.08. The molecule has 1 aliphatic heterocycles. The van der Waals surface area contributed by atoms with Gasteiger partial charge in [0.2, 0.25) is 5.91 Å². The summed E-state index contributed by atoms with van der Waals surface area (Å²) in [4.78, 5) is 14.9. The number of carbonyl (C=O) groups excluding carboxylic acids is 1. The molecule has 1 atom stereocenters. The summed E-state index contributed by atoms with van der Waals surface area (Å²) >= 11 is 0. The van der Waals surface area contributed by atoms with Crippen molar-refractivity contribution >= 4 is 11.7 Å². The zero-order valence-corrected chi connectivity index (χ0v) is 8.08. The summed E-state index contributed by atoms with van der Waals surface area (Å²) in [6.07, 6.45) is 2.98. The molecule has 2 rings (SSSR count). The molecular formula is C10H13N3O. The number of pyridine rings is 1. The first-order chi connectivity index (χ1) is 6.75. The maximum Gasteiger partial charge on any atom is 0.222 e. The second kappa shape index (κ2) is 3.75. The van der Waals surface area contributed by atoms with Crippen molar-refractivity contribution in [3.05, 3.63) is 23.9 Å². The van der Waals surface area contributed by atoms with Crippen LogP contribution in [0.4, 0.5) is 5.82 Å². The lowest BCUT2D eigenvalue weighted by Crippen LogP contribution is -2.34. The third-order valence-corrected chi connectivity index (χ3v) is 2.32. The van der Waals surface area contributed by atoms with Crippen molar-refractivity contribution in [2.45, 2.75) is 19.4 Å². The number of carbonyl (C=O) groups is 1. The van der Waals surface area contributed by atoms with Gasteiger partial charge in [-0.15, -0.1) is 0 Å². The zero-order chi connectivity index (χ0) is 9.97. The van der Waals surface area contributed by atoms with E-state index in [4.69, 9.17) is 0 Å². The van der Waals surface area contributed by atoms with Gasteiger partial charge in [0.1, 0.15) is 5.82 Å². The van der Waals surface area contributed by atoms with Crippen molar-refractivity contribution in [1.82, 2.24) is 10.3 Å². The number of hydrogen-bond acceptors (Lipinski definition) is 3. The highest BCUT2D eigenvalue weighted by Crippen LogP contribution is 2.22. The summed E-state index contributed by atoms with van der Waals surface area (Å²) in [6, 6.07) is 4.28. The second-order valence-corrected chi connectivity index (χ2v) is 3.45. The molecule has 0 spiro atoms. The van der Waals surface area contributed by atoms with Crippen LogP contribution in [0.15, 0.2) is 18.3 Å². The number of amides is 1. The van der Waals surface area contributed by atoms with E-state index >= 15 is 0 Å². The van der Waals surface area contributed by atoms with E-state index in [1.165, 1.54) is 18.9 Å². The summed E-state index contributed by atoms with van der Waals surface area (Å²) in [7, 11) is 0. The quantitative estimate of drug-likeness (QED) is 0.735. The average Bonchev–Trinajstić information content (AvgIpc) is 2.04. The first kappa shape index (κ1) is 9.15. The van der Waals surface area contributed by atoms with Crippen LogP contribution < -0.4 is 10.6 Å². The summed E-state index contributed by atoms with van der Waals surface area (Å²) in [6.45, 7) is 2.56. The SMILES string of the molecule is CC(=O)Nc1ccc(C2CCN2)cn1. The molecule has 0 aromatic carbocycles. The average molecular weight is 191 g/mol. The molecule has 1 fully saturated rings. The minimum atomic E-state index is -0.0907. The number of hydrogen-bond donors (Lipinski definition) is 2. The predicted molar refractivity (Wildman–Crippen MR) is 53.9 cm³/mol. The highest BCUT2D eigenvalue weighted by Gasteiger charge is 2.18. The van der Waals surface area contributed by atoms with Crippen LogP contribution in [0.3, 0.4) is 0 Å². The molecule has 0 bridgehead atoms. The Hall–Kier alpha value is -1.42. The predicted octanol–water partition coefficient (Wildman–Crippen LogP) is 1.07. The molecule has 1 aromatic rings. The number of nitrogens with zero attached hydrogens (tertiary/aromatic N) is 1. The van der Waals surface area contributed by atoms with E-state index in [0.717, 1.165) is 6.54 Å². The van der Waals surface area contributed by atoms with Crippen molar-refractivity contribution in [3.8, 4) is 0 Å². The summed E-state index contributed by atoms with van der Waals surface area (Å²) in [5.41, 5.74) is 1.19. The van der Waals surface area contributed by atoms with Crippen molar-refractivity contribution in [2.24, 2.45) is 0 Å². The van der Waals surface area contributed by atoms with Gasteiger partial charge in [-0.05, 0) is 24.6 Å². The molecule has 4 heteroatoms. The van der Waals surface area contributed by atoms with Gasteiger partial charge in [0.25, 0.3) is 0 Å². The Balaban J connectivity index is 2.05. The van der Waals surface area contributed by atoms with Crippen molar-refractivity contribution in [2.75, 3.05) is 11.9 Å². The van der Waals surface area contributed by atoms with E-state index in [1.807, 2.05) is 18.3 Å². The number of rotatable bonds is 2. The normalized spacial score (nSPS) is 19.9. The molecule has 0 radical (unpaired) electrons. The molecule has 1 unspecified atom stereocenters. The Labute approximate surface area is 82.7 Å². The fourth-order valence-corrected chi connectivity index (χ4v) is 1.44. The Morgan fingerprint density at radius 1 is 1.64 bits per heavy atom. The van der Waals surface area contributed by atoms with Gasteiger partial charge in [-0.25, -0.2) is 4.98 Å². The third kappa shape index (κ3) is 1.90. The molecule has 14 heavy (non-hydrogen) atoms. The smallest absolute Gasteiger partial charge is 0.222 e. The topological polar surface area (TPSA) is 54.0 Å². The highest BCUT2D eigenvalue weighted by molar-refractivity contribution is 5.87. The molecule has 0 saturated carbocycles. The number of nitrogens with one attached hydrogen (secondary N) is 2. The molecule has 2 N–H and O–H groups in total. The van der Waals surface area contributed by atoms with Gasteiger partial charge < -0.3 is 10.6 Å². The van der Waals surface area contributed by atoms with Gasteiger partial charge in [0.05, 0.1) is 0 Å². The first-order valence-electron chi connectivity index (χ1n) is 4.72. The van der Waals surface area contributed by atoms with Gasteiger partial charge in [0, 0.05) is 19.2 Å². The van der Waals surface area contributed by atoms with Crippen molar-refractivity contribution in [3.63, 3.8) is 0 Å². The standard InChI is InChI=1S/C10H13N3O/c1-7(14)13-10-3-2-8(6-12-10)9-4-5-11-9/h2-3,6,9,11H,4-5H2,1H3,(H,12,13,14). The second-order valence-electron chi connectivity index (χ2n) is 3.45. The van der Waals surface area contributed by atoms with Gasteiger partial charge in [-0.2, -0.15) is 0 Å².